The van der Waals surface area contributed by atoms with Crippen molar-refractivity contribution in [2.75, 3.05) is 0 Å². The van der Waals surface area contributed by atoms with Crippen LogP contribution in [0.4, 0.5) is 0 Å². The summed E-state index contributed by atoms with van der Waals surface area (Å²) in [5.74, 6) is -3.89. The molecule has 2 aromatic carbocycles. The van der Waals surface area contributed by atoms with Crippen molar-refractivity contribution in [2.24, 2.45) is 11.5 Å². The molecule has 0 aromatic heterocycles. The van der Waals surface area contributed by atoms with Gasteiger partial charge in [-0.15, -0.1) is 0 Å². The number of carboxylic acid groups (broad SMARTS) is 2. The standard InChI is InChI=1S/C18H20N2O7/c19-10(17(24)25)6-8-2-1-3-12(21)14(8)15-9(7-11(20)18(26)27)4-5-13(22)16(15)23/h1-5,10-11,21-23H,6-7,19-20H2,(H,24,25)(H,26,27). The van der Waals surface area contributed by atoms with Crippen molar-refractivity contribution < 1.29 is 35.1 Å². The molecule has 0 saturated heterocycles. The molecule has 0 heterocycles. The van der Waals surface area contributed by atoms with E-state index in [0.29, 0.717) is 5.56 Å². The van der Waals surface area contributed by atoms with Gasteiger partial charge in [-0.25, -0.2) is 0 Å². The summed E-state index contributed by atoms with van der Waals surface area (Å²) >= 11 is 0. The fraction of sp³-hybridized carbons (Fsp3) is 0.222. The van der Waals surface area contributed by atoms with E-state index in [1.807, 2.05) is 0 Å². The third kappa shape index (κ3) is 4.27. The molecule has 9 N–H and O–H groups in total. The Bertz CT molecular complexity index is 882. The first-order valence-electron chi connectivity index (χ1n) is 7.95. The normalized spacial score (nSPS) is 13.1. The van der Waals surface area contributed by atoms with Gasteiger partial charge in [-0.2, -0.15) is 0 Å². The topological polar surface area (TPSA) is 187 Å². The van der Waals surface area contributed by atoms with Crippen molar-refractivity contribution >= 4 is 11.9 Å². The minimum Gasteiger partial charge on any atom is -0.507 e. The number of rotatable bonds is 7. The largest absolute Gasteiger partial charge is 0.507 e. The number of aliphatic carboxylic acids is 2. The maximum Gasteiger partial charge on any atom is 0.320 e. The zero-order valence-corrected chi connectivity index (χ0v) is 14.2. The number of carbonyl (C=O) groups is 2. The minimum atomic E-state index is -1.29. The molecule has 2 rings (SSSR count). The maximum absolute atomic E-state index is 11.1. The summed E-state index contributed by atoms with van der Waals surface area (Å²) in [5.41, 5.74) is 11.7. The van der Waals surface area contributed by atoms with Crippen molar-refractivity contribution in [1.29, 1.82) is 0 Å². The Morgan fingerprint density at radius 2 is 1.30 bits per heavy atom. The van der Waals surface area contributed by atoms with Crippen LogP contribution in [0.3, 0.4) is 0 Å². The van der Waals surface area contributed by atoms with E-state index in [1.165, 1.54) is 30.3 Å². The van der Waals surface area contributed by atoms with Crippen LogP contribution >= 0.6 is 0 Å². The van der Waals surface area contributed by atoms with Crippen LogP contribution in [0.25, 0.3) is 11.1 Å². The van der Waals surface area contributed by atoms with E-state index in [0.717, 1.165) is 0 Å². The van der Waals surface area contributed by atoms with E-state index in [9.17, 15) is 24.9 Å². The van der Waals surface area contributed by atoms with Gasteiger partial charge in [0, 0.05) is 11.1 Å². The average Bonchev–Trinajstić information content (AvgIpc) is 2.59. The highest BCUT2D eigenvalue weighted by molar-refractivity contribution is 5.84. The predicted molar refractivity (Wildman–Crippen MR) is 95.5 cm³/mol. The van der Waals surface area contributed by atoms with Crippen LogP contribution in [0, 0.1) is 0 Å². The molecule has 27 heavy (non-hydrogen) atoms. The summed E-state index contributed by atoms with van der Waals surface area (Å²) < 4.78 is 0. The first-order chi connectivity index (χ1) is 12.6. The smallest absolute Gasteiger partial charge is 0.320 e. The SMILES string of the molecule is NC(Cc1cccc(O)c1-c1c(CC(N)C(=O)O)ccc(O)c1O)C(=O)O. The fourth-order valence-electron chi connectivity index (χ4n) is 2.76. The molecule has 2 aromatic rings. The van der Waals surface area contributed by atoms with Gasteiger partial charge in [0.05, 0.1) is 0 Å². The zero-order chi connectivity index (χ0) is 20.3. The number of phenols is 3. The minimum absolute atomic E-state index is 0.0302. The number of phenolic OH excluding ortho intramolecular Hbond substituents is 3. The zero-order valence-electron chi connectivity index (χ0n) is 14.2. The van der Waals surface area contributed by atoms with E-state index in [1.54, 1.807) is 0 Å². The summed E-state index contributed by atoms with van der Waals surface area (Å²) in [6.45, 7) is 0. The van der Waals surface area contributed by atoms with Gasteiger partial charge in [0.1, 0.15) is 17.8 Å². The Morgan fingerprint density at radius 3 is 1.81 bits per heavy atom. The molecule has 144 valence electrons. The highest BCUT2D eigenvalue weighted by Gasteiger charge is 2.24. The molecular formula is C18H20N2O7. The van der Waals surface area contributed by atoms with Crippen LogP contribution in [0.2, 0.25) is 0 Å². The molecular weight excluding hydrogens is 356 g/mol. The summed E-state index contributed by atoms with van der Waals surface area (Å²) in [6.07, 6.45) is -0.365. The van der Waals surface area contributed by atoms with Crippen LogP contribution in [0.15, 0.2) is 30.3 Å². The number of hydrogen-bond acceptors (Lipinski definition) is 7. The summed E-state index contributed by atoms with van der Waals surface area (Å²) in [6, 6.07) is 4.30. The van der Waals surface area contributed by atoms with E-state index >= 15 is 0 Å². The average molecular weight is 376 g/mol. The van der Waals surface area contributed by atoms with Crippen LogP contribution in [-0.2, 0) is 22.4 Å². The van der Waals surface area contributed by atoms with Gasteiger partial charge in [-0.1, -0.05) is 18.2 Å². The highest BCUT2D eigenvalue weighted by Crippen LogP contribution is 2.44. The van der Waals surface area contributed by atoms with Crippen molar-refractivity contribution in [3.63, 3.8) is 0 Å². The lowest BCUT2D eigenvalue weighted by Gasteiger charge is -2.19. The second-order valence-corrected chi connectivity index (χ2v) is 6.08. The monoisotopic (exact) mass is 376 g/mol. The molecule has 2 unspecified atom stereocenters. The van der Waals surface area contributed by atoms with E-state index < -0.39 is 35.5 Å². The predicted octanol–water partition coefficient (Wildman–Crippen LogP) is 0.379. The van der Waals surface area contributed by atoms with Gasteiger partial charge >= 0.3 is 11.9 Å². The second kappa shape index (κ2) is 7.94. The van der Waals surface area contributed by atoms with Gasteiger partial charge in [-0.05, 0) is 36.1 Å². The Labute approximate surface area is 154 Å². The van der Waals surface area contributed by atoms with Gasteiger partial charge < -0.3 is 37.0 Å². The Kier molecular flexibility index (Phi) is 5.88. The van der Waals surface area contributed by atoms with Crippen molar-refractivity contribution in [2.45, 2.75) is 24.9 Å². The quantitative estimate of drug-likeness (QED) is 0.335. The van der Waals surface area contributed by atoms with Crippen molar-refractivity contribution in [3.8, 4) is 28.4 Å². The number of hydrogen-bond donors (Lipinski definition) is 7. The first kappa shape index (κ1) is 20.0. The third-order valence-corrected chi connectivity index (χ3v) is 4.14. The van der Waals surface area contributed by atoms with Crippen LogP contribution in [-0.4, -0.2) is 49.6 Å². The van der Waals surface area contributed by atoms with Gasteiger partial charge in [0.25, 0.3) is 0 Å². The Hall–Kier alpha value is -3.30. The fourth-order valence-corrected chi connectivity index (χ4v) is 2.76. The second-order valence-electron chi connectivity index (χ2n) is 6.08. The summed E-state index contributed by atoms with van der Waals surface area (Å²) in [5, 5.41) is 48.7. The lowest BCUT2D eigenvalue weighted by molar-refractivity contribution is -0.139. The molecule has 0 saturated carbocycles. The lowest BCUT2D eigenvalue weighted by atomic mass is 9.88. The lowest BCUT2D eigenvalue weighted by Crippen LogP contribution is -2.33. The van der Waals surface area contributed by atoms with E-state index in [2.05, 4.69) is 0 Å². The molecule has 0 aliphatic rings. The molecule has 0 aliphatic carbocycles. The molecule has 9 nitrogen and oxygen atoms in total. The van der Waals surface area contributed by atoms with Crippen LogP contribution in [0.5, 0.6) is 17.2 Å². The number of nitrogens with two attached hydrogens (primary N) is 2. The van der Waals surface area contributed by atoms with Crippen molar-refractivity contribution in [1.82, 2.24) is 0 Å². The van der Waals surface area contributed by atoms with Gasteiger partial charge in [-0.3, -0.25) is 9.59 Å². The number of carboxylic acids is 2. The molecule has 9 heteroatoms. The number of aromatic hydroxyl groups is 3. The van der Waals surface area contributed by atoms with E-state index in [4.69, 9.17) is 21.7 Å². The summed E-state index contributed by atoms with van der Waals surface area (Å²) in [7, 11) is 0. The third-order valence-electron chi connectivity index (χ3n) is 4.14. The molecule has 0 radical (unpaired) electrons. The molecule has 0 fully saturated rings. The van der Waals surface area contributed by atoms with E-state index in [-0.39, 0.29) is 35.3 Å². The van der Waals surface area contributed by atoms with Gasteiger partial charge in [0.15, 0.2) is 11.5 Å². The summed E-state index contributed by atoms with van der Waals surface area (Å²) in [4.78, 5) is 22.2. The highest BCUT2D eigenvalue weighted by atomic mass is 16.4. The first-order valence-corrected chi connectivity index (χ1v) is 7.95. The van der Waals surface area contributed by atoms with Crippen LogP contribution < -0.4 is 11.5 Å². The Balaban J connectivity index is 2.68. The molecule has 0 spiro atoms. The molecule has 2 atom stereocenters. The molecule has 0 amide bonds. The van der Waals surface area contributed by atoms with Crippen LogP contribution in [0.1, 0.15) is 11.1 Å². The molecule has 0 aliphatic heterocycles. The number of benzene rings is 2. The molecule has 0 bridgehead atoms. The van der Waals surface area contributed by atoms with Gasteiger partial charge in [0.2, 0.25) is 0 Å². The van der Waals surface area contributed by atoms with Crippen molar-refractivity contribution in [3.05, 3.63) is 41.5 Å². The maximum atomic E-state index is 11.1. The Morgan fingerprint density at radius 1 is 0.778 bits per heavy atom.